The van der Waals surface area contributed by atoms with Gasteiger partial charge < -0.3 is 10.1 Å². The minimum Gasteiger partial charge on any atom is -0.468 e. The van der Waals surface area contributed by atoms with Crippen LogP contribution in [0.3, 0.4) is 0 Å². The van der Waals surface area contributed by atoms with Gasteiger partial charge in [0, 0.05) is 25.4 Å². The van der Waals surface area contributed by atoms with E-state index in [1.807, 2.05) is 13.2 Å². The molecule has 0 saturated carbocycles. The van der Waals surface area contributed by atoms with Crippen LogP contribution in [0.1, 0.15) is 5.56 Å². The molecule has 0 aliphatic rings. The summed E-state index contributed by atoms with van der Waals surface area (Å²) in [4.78, 5) is 23.2. The van der Waals surface area contributed by atoms with Crippen molar-refractivity contribution >= 4 is 27.6 Å². The number of aryl methyl sites for hydroxylation is 1. The maximum absolute atomic E-state index is 12.0. The molecule has 1 N–H and O–H groups in total. The van der Waals surface area contributed by atoms with E-state index in [2.05, 4.69) is 36.2 Å². The highest BCUT2D eigenvalue weighted by Crippen LogP contribution is 2.17. The quantitative estimate of drug-likeness (QED) is 0.786. The van der Waals surface area contributed by atoms with Crippen molar-refractivity contribution < 1.29 is 9.53 Å². The minimum absolute atomic E-state index is 0.225. The van der Waals surface area contributed by atoms with Crippen LogP contribution in [0.2, 0.25) is 0 Å². The molecule has 8 nitrogen and oxygen atoms in total. The lowest BCUT2D eigenvalue weighted by molar-refractivity contribution is -0.141. The van der Waals surface area contributed by atoms with E-state index in [0.29, 0.717) is 16.7 Å². The van der Waals surface area contributed by atoms with Gasteiger partial charge >= 0.3 is 5.97 Å². The Hall–Kier alpha value is -2.16. The highest BCUT2D eigenvalue weighted by Gasteiger charge is 2.11. The zero-order chi connectivity index (χ0) is 15.4. The van der Waals surface area contributed by atoms with E-state index in [0.717, 1.165) is 10.2 Å². The van der Waals surface area contributed by atoms with Gasteiger partial charge in [-0.05, 0) is 15.9 Å². The average molecular weight is 356 g/mol. The third-order valence-electron chi connectivity index (χ3n) is 2.73. The summed E-state index contributed by atoms with van der Waals surface area (Å²) >= 11 is 3.21. The summed E-state index contributed by atoms with van der Waals surface area (Å²) in [7, 11) is 3.08. The number of halogens is 1. The van der Waals surface area contributed by atoms with Crippen molar-refractivity contribution in [1.82, 2.24) is 19.6 Å². The molecule has 21 heavy (non-hydrogen) atoms. The lowest BCUT2D eigenvalue weighted by atomic mass is 10.3. The van der Waals surface area contributed by atoms with Crippen LogP contribution in [0.15, 0.2) is 27.9 Å². The summed E-state index contributed by atoms with van der Waals surface area (Å²) < 4.78 is 7.54. The molecule has 2 aromatic heterocycles. The number of aromatic nitrogens is 4. The Morgan fingerprint density at radius 3 is 2.81 bits per heavy atom. The van der Waals surface area contributed by atoms with Gasteiger partial charge in [0.05, 0.1) is 25.2 Å². The van der Waals surface area contributed by atoms with Crippen molar-refractivity contribution in [2.24, 2.45) is 7.05 Å². The molecule has 0 bridgehead atoms. The molecule has 0 saturated heterocycles. The van der Waals surface area contributed by atoms with E-state index in [9.17, 15) is 9.59 Å². The third-order valence-corrected chi connectivity index (χ3v) is 3.50. The van der Waals surface area contributed by atoms with Crippen LogP contribution in [-0.4, -0.2) is 32.6 Å². The van der Waals surface area contributed by atoms with Crippen molar-refractivity contribution in [2.75, 3.05) is 12.4 Å². The number of ether oxygens (including phenoxy) is 1. The summed E-state index contributed by atoms with van der Waals surface area (Å²) in [6.07, 6.45) is 5.07. The highest BCUT2D eigenvalue weighted by molar-refractivity contribution is 9.10. The number of nitrogens with one attached hydrogen (secondary N) is 1. The van der Waals surface area contributed by atoms with E-state index in [-0.39, 0.29) is 6.54 Å². The fourth-order valence-corrected chi connectivity index (χ4v) is 2.10. The van der Waals surface area contributed by atoms with Crippen LogP contribution < -0.4 is 10.9 Å². The number of carbonyl (C=O) groups is 1. The van der Waals surface area contributed by atoms with Gasteiger partial charge in [0.1, 0.15) is 11.0 Å². The molecule has 0 unspecified atom stereocenters. The third kappa shape index (κ3) is 3.69. The molecule has 0 radical (unpaired) electrons. The smallest absolute Gasteiger partial charge is 0.327 e. The molecule has 0 aliphatic heterocycles. The number of carbonyl (C=O) groups excluding carboxylic acids is 1. The van der Waals surface area contributed by atoms with Gasteiger partial charge in [-0.2, -0.15) is 10.2 Å². The average Bonchev–Trinajstić information content (AvgIpc) is 2.88. The Labute approximate surface area is 128 Å². The molecule has 2 aromatic rings. The molecule has 2 rings (SSSR count). The summed E-state index contributed by atoms with van der Waals surface area (Å²) in [5.41, 5.74) is 1.12. The zero-order valence-corrected chi connectivity index (χ0v) is 13.1. The molecule has 0 atom stereocenters. The number of methoxy groups -OCH3 is 1. The first kappa shape index (κ1) is 15.2. The first-order valence-corrected chi connectivity index (χ1v) is 6.84. The van der Waals surface area contributed by atoms with E-state index < -0.39 is 11.5 Å². The van der Waals surface area contributed by atoms with Gasteiger partial charge in [-0.15, -0.1) is 0 Å². The van der Waals surface area contributed by atoms with Crippen LogP contribution >= 0.6 is 15.9 Å². The number of rotatable bonds is 5. The fourth-order valence-electron chi connectivity index (χ4n) is 1.65. The van der Waals surface area contributed by atoms with Crippen molar-refractivity contribution in [2.45, 2.75) is 13.1 Å². The second-order valence-electron chi connectivity index (χ2n) is 4.29. The molecule has 0 fully saturated rings. The Kier molecular flexibility index (Phi) is 4.73. The normalized spacial score (nSPS) is 10.4. The van der Waals surface area contributed by atoms with E-state index >= 15 is 0 Å². The van der Waals surface area contributed by atoms with Gasteiger partial charge in [0.25, 0.3) is 5.56 Å². The molecule has 0 amide bonds. The molecule has 9 heteroatoms. The first-order chi connectivity index (χ1) is 10.0. The lowest BCUT2D eigenvalue weighted by Gasteiger charge is -2.09. The Bertz CT molecular complexity index is 709. The van der Waals surface area contributed by atoms with Gasteiger partial charge in [-0.1, -0.05) is 0 Å². The van der Waals surface area contributed by atoms with Crippen molar-refractivity contribution in [1.29, 1.82) is 0 Å². The lowest BCUT2D eigenvalue weighted by Crippen LogP contribution is -2.28. The van der Waals surface area contributed by atoms with Crippen LogP contribution in [0.5, 0.6) is 0 Å². The fraction of sp³-hybridized carbons (Fsp3) is 0.333. The maximum atomic E-state index is 12.0. The molecule has 0 spiro atoms. The molecule has 2 heterocycles. The van der Waals surface area contributed by atoms with Crippen LogP contribution in [0.4, 0.5) is 5.69 Å². The number of hydrogen-bond acceptors (Lipinski definition) is 6. The predicted octanol–water partition coefficient (Wildman–Crippen LogP) is 0.524. The van der Waals surface area contributed by atoms with Crippen LogP contribution in [0, 0.1) is 0 Å². The highest BCUT2D eigenvalue weighted by atomic mass is 79.9. The van der Waals surface area contributed by atoms with Crippen molar-refractivity contribution in [3.05, 3.63) is 39.0 Å². The molecule has 0 aliphatic carbocycles. The monoisotopic (exact) mass is 355 g/mol. The Morgan fingerprint density at radius 2 is 2.19 bits per heavy atom. The zero-order valence-electron chi connectivity index (χ0n) is 11.5. The second-order valence-corrected chi connectivity index (χ2v) is 5.08. The van der Waals surface area contributed by atoms with E-state index in [1.165, 1.54) is 13.3 Å². The van der Waals surface area contributed by atoms with Crippen molar-refractivity contribution in [3.63, 3.8) is 0 Å². The number of hydrogen-bond donors (Lipinski definition) is 1. The van der Waals surface area contributed by atoms with Gasteiger partial charge in [-0.25, -0.2) is 4.68 Å². The molecular formula is C12H14BrN5O3. The minimum atomic E-state index is -0.535. The summed E-state index contributed by atoms with van der Waals surface area (Å²) in [5, 5.41) is 11.1. The Morgan fingerprint density at radius 1 is 1.43 bits per heavy atom. The van der Waals surface area contributed by atoms with Crippen LogP contribution in [0.25, 0.3) is 0 Å². The summed E-state index contributed by atoms with van der Waals surface area (Å²) in [6.45, 7) is 0.283. The van der Waals surface area contributed by atoms with Crippen LogP contribution in [-0.2, 0) is 29.7 Å². The van der Waals surface area contributed by atoms with Gasteiger partial charge in [0.2, 0.25) is 0 Å². The molecular weight excluding hydrogens is 342 g/mol. The van der Waals surface area contributed by atoms with Gasteiger partial charge in [0.15, 0.2) is 0 Å². The van der Waals surface area contributed by atoms with Gasteiger partial charge in [-0.3, -0.25) is 14.3 Å². The van der Waals surface area contributed by atoms with E-state index in [1.54, 1.807) is 10.9 Å². The second kappa shape index (κ2) is 6.53. The molecule has 112 valence electrons. The van der Waals surface area contributed by atoms with Crippen molar-refractivity contribution in [3.8, 4) is 0 Å². The van der Waals surface area contributed by atoms with E-state index in [4.69, 9.17) is 0 Å². The molecule has 0 aromatic carbocycles. The SMILES string of the molecule is COC(=O)Cn1ncc(NCc2cnn(C)c2)c(Br)c1=O. The summed E-state index contributed by atoms with van der Waals surface area (Å²) in [5.74, 6) is -0.535. The maximum Gasteiger partial charge on any atom is 0.327 e. The Balaban J connectivity index is 2.13. The largest absolute Gasteiger partial charge is 0.468 e. The predicted molar refractivity (Wildman–Crippen MR) is 78.7 cm³/mol. The first-order valence-electron chi connectivity index (χ1n) is 6.05. The summed E-state index contributed by atoms with van der Waals surface area (Å²) in [6, 6.07) is 0. The number of nitrogens with zero attached hydrogens (tertiary/aromatic N) is 4. The standard InChI is InChI=1S/C12H14BrN5O3/c1-17-6-8(4-15-17)3-14-9-5-16-18(7-10(19)21-2)12(20)11(9)13/h4-6,14H,3,7H2,1-2H3. The number of anilines is 1. The topological polar surface area (TPSA) is 91.0 Å². The number of esters is 1.